The Kier molecular flexibility index (Phi) is 7.69. The second-order valence-electron chi connectivity index (χ2n) is 7.83. The number of hydrogen-bond acceptors (Lipinski definition) is 3. The van der Waals surface area contributed by atoms with Crippen molar-refractivity contribution in [2.24, 2.45) is 0 Å². The second kappa shape index (κ2) is 10.4. The van der Waals surface area contributed by atoms with Crippen molar-refractivity contribution >= 4 is 16.6 Å². The Morgan fingerprint density at radius 1 is 1.20 bits per heavy atom. The summed E-state index contributed by atoms with van der Waals surface area (Å²) in [5, 5.41) is 10.3. The summed E-state index contributed by atoms with van der Waals surface area (Å²) in [6.07, 6.45) is 14.6. The maximum atomic E-state index is 12.6. The largest absolute Gasteiger partial charge is 0.396 e. The van der Waals surface area contributed by atoms with Gasteiger partial charge in [-0.05, 0) is 74.8 Å². The average molecular weight is 407 g/mol. The van der Waals surface area contributed by atoms with Gasteiger partial charge in [0, 0.05) is 43.0 Å². The van der Waals surface area contributed by atoms with Crippen LogP contribution >= 0.6 is 0 Å². The van der Waals surface area contributed by atoms with Crippen molar-refractivity contribution in [2.45, 2.75) is 58.9 Å². The van der Waals surface area contributed by atoms with E-state index in [0.717, 1.165) is 60.7 Å². The van der Waals surface area contributed by atoms with Crippen molar-refractivity contribution in [1.29, 1.82) is 0 Å². The Morgan fingerprint density at radius 3 is 2.70 bits per heavy atom. The highest BCUT2D eigenvalue weighted by Gasteiger charge is 2.14. The van der Waals surface area contributed by atoms with Gasteiger partial charge in [-0.2, -0.15) is 0 Å². The van der Waals surface area contributed by atoms with Gasteiger partial charge >= 0.3 is 0 Å². The molecule has 1 aliphatic carbocycles. The first-order chi connectivity index (χ1) is 14.6. The van der Waals surface area contributed by atoms with Crippen LogP contribution in [0.3, 0.4) is 0 Å². The Morgan fingerprint density at radius 2 is 2.03 bits per heavy atom. The molecule has 0 fully saturated rings. The molecular weight excluding hydrogens is 372 g/mol. The third-order valence-corrected chi connectivity index (χ3v) is 5.79. The molecule has 0 unspecified atom stereocenters. The van der Waals surface area contributed by atoms with E-state index in [1.807, 2.05) is 11.5 Å². The molecule has 4 heteroatoms. The van der Waals surface area contributed by atoms with E-state index >= 15 is 0 Å². The number of likely N-dealkylation sites (N-methyl/N-ethyl adjacent to an activating group) is 1. The van der Waals surface area contributed by atoms with Gasteiger partial charge in [-0.1, -0.05) is 31.2 Å². The summed E-state index contributed by atoms with van der Waals surface area (Å²) >= 11 is 0. The number of aliphatic hydroxyl groups is 1. The van der Waals surface area contributed by atoms with Crippen LogP contribution in [0.5, 0.6) is 0 Å². The number of hydrogen-bond donors (Lipinski definition) is 1. The lowest BCUT2D eigenvalue weighted by molar-refractivity contribution is 0.284. The van der Waals surface area contributed by atoms with Crippen molar-refractivity contribution in [3.05, 3.63) is 75.8 Å². The summed E-state index contributed by atoms with van der Waals surface area (Å²) < 4.78 is 1.84. The van der Waals surface area contributed by atoms with Crippen LogP contribution in [0.4, 0.5) is 5.69 Å². The quantitative estimate of drug-likeness (QED) is 0.572. The van der Waals surface area contributed by atoms with Gasteiger partial charge in [0.1, 0.15) is 0 Å². The van der Waals surface area contributed by atoms with Crippen LogP contribution in [0.2, 0.25) is 0 Å². The lowest BCUT2D eigenvalue weighted by atomic mass is 10.0. The molecular formula is C26H34N2O2. The molecule has 4 nitrogen and oxygen atoms in total. The Labute approximate surface area is 179 Å². The van der Waals surface area contributed by atoms with Crippen LogP contribution in [0.1, 0.15) is 51.5 Å². The third-order valence-electron chi connectivity index (χ3n) is 5.79. The fourth-order valence-electron chi connectivity index (χ4n) is 4.19. The maximum absolute atomic E-state index is 12.6. The Hall–Kier alpha value is -2.59. The molecule has 0 bridgehead atoms. The van der Waals surface area contributed by atoms with Gasteiger partial charge in [0.2, 0.25) is 0 Å². The molecule has 0 atom stereocenters. The maximum Gasteiger partial charge on any atom is 0.251 e. The van der Waals surface area contributed by atoms with Crippen LogP contribution in [0, 0.1) is 0 Å². The number of benzene rings is 1. The van der Waals surface area contributed by atoms with Crippen LogP contribution in [-0.4, -0.2) is 23.3 Å². The molecule has 0 aliphatic heterocycles. The molecule has 1 aliphatic rings. The van der Waals surface area contributed by atoms with Crippen molar-refractivity contribution < 1.29 is 5.11 Å². The standard InChI is InChI=1S/C26H34N2O2/c1-4-11-24(20-12-7-6-8-13-20)27(3)22-15-16-25-23(19-22)21(14-9-10-17-29)18-26(30)28(25)5-2/h7,11-13,15-16,18-19,29H,4-6,8-10,14,17H2,1-3H3/b24-11+. The van der Waals surface area contributed by atoms with Gasteiger partial charge in [0.15, 0.2) is 0 Å². The first-order valence-corrected chi connectivity index (χ1v) is 11.2. The lowest BCUT2D eigenvalue weighted by Gasteiger charge is -2.26. The number of anilines is 1. The molecule has 1 aromatic heterocycles. The molecule has 160 valence electrons. The van der Waals surface area contributed by atoms with Gasteiger partial charge in [-0.3, -0.25) is 4.79 Å². The number of allylic oxidation sites excluding steroid dienone is 4. The van der Waals surface area contributed by atoms with Crippen LogP contribution < -0.4 is 10.5 Å². The molecule has 0 amide bonds. The fourth-order valence-corrected chi connectivity index (χ4v) is 4.19. The predicted octanol–water partition coefficient (Wildman–Crippen LogP) is 5.34. The lowest BCUT2D eigenvalue weighted by Crippen LogP contribution is -2.21. The van der Waals surface area contributed by atoms with Gasteiger partial charge in [-0.25, -0.2) is 0 Å². The first kappa shape index (κ1) is 22.1. The van der Waals surface area contributed by atoms with E-state index in [2.05, 4.69) is 61.4 Å². The topological polar surface area (TPSA) is 45.5 Å². The van der Waals surface area contributed by atoms with Crippen LogP contribution in [-0.2, 0) is 13.0 Å². The van der Waals surface area contributed by atoms with E-state index in [-0.39, 0.29) is 12.2 Å². The molecule has 0 radical (unpaired) electrons. The highest BCUT2D eigenvalue weighted by Crippen LogP contribution is 2.30. The van der Waals surface area contributed by atoms with E-state index in [0.29, 0.717) is 6.54 Å². The van der Waals surface area contributed by atoms with Crippen molar-refractivity contribution in [1.82, 2.24) is 4.57 Å². The zero-order chi connectivity index (χ0) is 21.5. The zero-order valence-corrected chi connectivity index (χ0v) is 18.5. The highest BCUT2D eigenvalue weighted by atomic mass is 16.2. The number of rotatable bonds is 9. The third kappa shape index (κ3) is 4.76. The van der Waals surface area contributed by atoms with Crippen molar-refractivity contribution in [3.8, 4) is 0 Å². The number of aryl methyl sites for hydroxylation is 2. The minimum absolute atomic E-state index is 0.0502. The van der Waals surface area contributed by atoms with E-state index < -0.39 is 0 Å². The van der Waals surface area contributed by atoms with E-state index in [1.165, 1.54) is 11.3 Å². The summed E-state index contributed by atoms with van der Waals surface area (Å²) in [6, 6.07) is 8.19. The normalized spacial score (nSPS) is 14.3. The molecule has 1 aromatic carbocycles. The summed E-state index contributed by atoms with van der Waals surface area (Å²) in [5.41, 5.74) is 5.71. The highest BCUT2D eigenvalue weighted by molar-refractivity contribution is 5.86. The molecule has 2 aromatic rings. The summed E-state index contributed by atoms with van der Waals surface area (Å²) in [5.74, 6) is 0. The van der Waals surface area contributed by atoms with Gasteiger partial charge < -0.3 is 14.6 Å². The van der Waals surface area contributed by atoms with Gasteiger partial charge in [-0.15, -0.1) is 0 Å². The zero-order valence-electron chi connectivity index (χ0n) is 18.5. The van der Waals surface area contributed by atoms with E-state index in [4.69, 9.17) is 5.11 Å². The summed E-state index contributed by atoms with van der Waals surface area (Å²) in [7, 11) is 2.12. The number of fused-ring (bicyclic) bond motifs is 1. The SMILES string of the molecule is CC/C=C(\C1=CCCC=C1)N(C)c1ccc2c(c1)c(CCCCO)cc(=O)n2CC. The van der Waals surface area contributed by atoms with Crippen LogP contribution in [0.25, 0.3) is 10.9 Å². The van der Waals surface area contributed by atoms with Crippen LogP contribution in [0.15, 0.2) is 64.6 Å². The monoisotopic (exact) mass is 406 g/mol. The van der Waals surface area contributed by atoms with E-state index in [1.54, 1.807) is 6.07 Å². The van der Waals surface area contributed by atoms with Gasteiger partial charge in [0.25, 0.3) is 5.56 Å². The number of pyridine rings is 1. The molecule has 0 saturated heterocycles. The molecule has 0 spiro atoms. The Balaban J connectivity index is 2.07. The minimum Gasteiger partial charge on any atom is -0.396 e. The summed E-state index contributed by atoms with van der Waals surface area (Å²) in [4.78, 5) is 14.9. The number of nitrogens with zero attached hydrogens (tertiary/aromatic N) is 2. The predicted molar refractivity (Wildman–Crippen MR) is 127 cm³/mol. The smallest absolute Gasteiger partial charge is 0.251 e. The van der Waals surface area contributed by atoms with Crippen molar-refractivity contribution in [2.75, 3.05) is 18.6 Å². The van der Waals surface area contributed by atoms with Gasteiger partial charge in [0.05, 0.1) is 5.52 Å². The number of unbranched alkanes of at least 4 members (excludes halogenated alkanes) is 1. The number of aliphatic hydroxyl groups excluding tert-OH is 1. The Bertz CT molecular complexity index is 1030. The first-order valence-electron chi connectivity index (χ1n) is 11.2. The minimum atomic E-state index is 0.0502. The molecule has 1 N–H and O–H groups in total. The second-order valence-corrected chi connectivity index (χ2v) is 7.83. The molecule has 1 heterocycles. The molecule has 3 rings (SSSR count). The van der Waals surface area contributed by atoms with Crippen molar-refractivity contribution in [3.63, 3.8) is 0 Å². The number of aromatic nitrogens is 1. The molecule has 0 saturated carbocycles. The van der Waals surface area contributed by atoms with E-state index in [9.17, 15) is 4.79 Å². The average Bonchev–Trinajstić information content (AvgIpc) is 2.77. The molecule has 30 heavy (non-hydrogen) atoms. The summed E-state index contributed by atoms with van der Waals surface area (Å²) in [6.45, 7) is 5.02. The fraction of sp³-hybridized carbons (Fsp3) is 0.423.